The van der Waals surface area contributed by atoms with E-state index in [1.807, 2.05) is 13.8 Å². The molecule has 0 bridgehead atoms. The Morgan fingerprint density at radius 1 is 1.31 bits per heavy atom. The van der Waals surface area contributed by atoms with E-state index in [0.717, 1.165) is 0 Å². The summed E-state index contributed by atoms with van der Waals surface area (Å²) in [5.74, 6) is -0.950. The molecule has 0 heterocycles. The lowest BCUT2D eigenvalue weighted by atomic mass is 9.92. The minimum atomic E-state index is -0.842. The van der Waals surface area contributed by atoms with Gasteiger partial charge in [0.05, 0.1) is 5.54 Å². The molecule has 0 spiro atoms. The first-order valence-corrected chi connectivity index (χ1v) is 5.63. The maximum atomic E-state index is 12.0. The van der Waals surface area contributed by atoms with Crippen LogP contribution in [0, 0.1) is 0 Å². The lowest BCUT2D eigenvalue weighted by Gasteiger charge is -2.30. The Morgan fingerprint density at radius 2 is 1.81 bits per heavy atom. The van der Waals surface area contributed by atoms with Gasteiger partial charge in [0.25, 0.3) is 0 Å². The summed E-state index contributed by atoms with van der Waals surface area (Å²) in [7, 11) is 1.66. The predicted octanol–water partition coefficient (Wildman–Crippen LogP) is 0.827. The molecule has 0 saturated carbocycles. The highest BCUT2D eigenvalue weighted by molar-refractivity contribution is 5.85. The number of carbonyl (C=O) groups excluding carboxylic acids is 1. The largest absolute Gasteiger partial charge is 0.481 e. The van der Waals surface area contributed by atoms with Crippen molar-refractivity contribution < 1.29 is 14.7 Å². The molecule has 0 aliphatic heterocycles. The monoisotopic (exact) mass is 230 g/mol. The molecule has 1 amide bonds. The van der Waals surface area contributed by atoms with Crippen LogP contribution in [0.2, 0.25) is 0 Å². The zero-order chi connectivity index (χ0) is 12.8. The molecule has 0 aromatic rings. The second kappa shape index (κ2) is 6.48. The third-order valence-electron chi connectivity index (χ3n) is 2.92. The molecule has 0 fully saturated rings. The molecular formula is C11H22N2O3. The minimum Gasteiger partial charge on any atom is -0.481 e. The Morgan fingerprint density at radius 3 is 2.19 bits per heavy atom. The molecule has 94 valence electrons. The van der Waals surface area contributed by atoms with Crippen molar-refractivity contribution >= 4 is 11.9 Å². The highest BCUT2D eigenvalue weighted by Crippen LogP contribution is 2.14. The fraction of sp³-hybridized carbons (Fsp3) is 0.818. The molecule has 0 unspecified atom stereocenters. The molecule has 5 heteroatoms. The molecule has 0 saturated heterocycles. The van der Waals surface area contributed by atoms with Crippen molar-refractivity contribution in [2.45, 2.75) is 45.1 Å². The fourth-order valence-electron chi connectivity index (χ4n) is 1.50. The van der Waals surface area contributed by atoms with E-state index in [-0.39, 0.29) is 12.3 Å². The Kier molecular flexibility index (Phi) is 6.03. The van der Waals surface area contributed by atoms with E-state index in [1.165, 1.54) is 4.90 Å². The first-order valence-electron chi connectivity index (χ1n) is 5.63. The Balaban J connectivity index is 4.22. The number of likely N-dealkylation sites (N-methyl/N-ethyl adjacent to an activating group) is 1. The van der Waals surface area contributed by atoms with E-state index < -0.39 is 11.5 Å². The van der Waals surface area contributed by atoms with Gasteiger partial charge in [-0.15, -0.1) is 0 Å². The number of rotatable bonds is 7. The lowest BCUT2D eigenvalue weighted by Crippen LogP contribution is -2.53. The van der Waals surface area contributed by atoms with Crippen molar-refractivity contribution in [3.05, 3.63) is 0 Å². The van der Waals surface area contributed by atoms with Gasteiger partial charge in [-0.25, -0.2) is 0 Å². The molecule has 0 rings (SSSR count). The van der Waals surface area contributed by atoms with Gasteiger partial charge in [-0.1, -0.05) is 13.8 Å². The van der Waals surface area contributed by atoms with Crippen LogP contribution in [0.5, 0.6) is 0 Å². The molecule has 0 aliphatic rings. The number of carboxylic acid groups (broad SMARTS) is 1. The van der Waals surface area contributed by atoms with Gasteiger partial charge in [0, 0.05) is 20.0 Å². The number of aliphatic carboxylic acids is 1. The van der Waals surface area contributed by atoms with Crippen LogP contribution in [-0.2, 0) is 9.59 Å². The van der Waals surface area contributed by atoms with Gasteiger partial charge in [0.15, 0.2) is 0 Å². The molecular weight excluding hydrogens is 208 g/mol. The van der Waals surface area contributed by atoms with E-state index in [1.54, 1.807) is 7.05 Å². The van der Waals surface area contributed by atoms with E-state index in [9.17, 15) is 9.59 Å². The van der Waals surface area contributed by atoms with E-state index >= 15 is 0 Å². The second-order valence-corrected chi connectivity index (χ2v) is 4.09. The van der Waals surface area contributed by atoms with E-state index in [0.29, 0.717) is 25.8 Å². The molecule has 0 radical (unpaired) electrons. The third kappa shape index (κ3) is 4.18. The molecule has 5 nitrogen and oxygen atoms in total. The van der Waals surface area contributed by atoms with E-state index in [4.69, 9.17) is 10.8 Å². The van der Waals surface area contributed by atoms with Gasteiger partial charge in [0.2, 0.25) is 5.91 Å². The standard InChI is InChI=1S/C11H22N2O3/c1-4-11(12,5-2)10(16)13(3)8-6-7-9(14)15/h4-8,12H2,1-3H3,(H,14,15). The van der Waals surface area contributed by atoms with Crippen molar-refractivity contribution in [3.63, 3.8) is 0 Å². The highest BCUT2D eigenvalue weighted by Gasteiger charge is 2.32. The van der Waals surface area contributed by atoms with Crippen molar-refractivity contribution in [2.75, 3.05) is 13.6 Å². The summed E-state index contributed by atoms with van der Waals surface area (Å²) in [6.45, 7) is 4.20. The zero-order valence-electron chi connectivity index (χ0n) is 10.3. The molecule has 3 N–H and O–H groups in total. The second-order valence-electron chi connectivity index (χ2n) is 4.09. The third-order valence-corrected chi connectivity index (χ3v) is 2.92. The number of hydrogen-bond donors (Lipinski definition) is 2. The van der Waals surface area contributed by atoms with Crippen LogP contribution in [0.15, 0.2) is 0 Å². The maximum Gasteiger partial charge on any atom is 0.303 e. The van der Waals surface area contributed by atoms with E-state index in [2.05, 4.69) is 0 Å². The molecule has 0 aromatic heterocycles. The van der Waals surface area contributed by atoms with Gasteiger partial charge in [-0.2, -0.15) is 0 Å². The number of hydrogen-bond acceptors (Lipinski definition) is 3. The SMILES string of the molecule is CCC(N)(CC)C(=O)N(C)CCCC(=O)O. The topological polar surface area (TPSA) is 83.6 Å². The molecule has 0 aliphatic carbocycles. The van der Waals surface area contributed by atoms with Crippen LogP contribution in [0.1, 0.15) is 39.5 Å². The van der Waals surface area contributed by atoms with Crippen LogP contribution in [0.25, 0.3) is 0 Å². The van der Waals surface area contributed by atoms with Gasteiger partial charge in [0.1, 0.15) is 0 Å². The summed E-state index contributed by atoms with van der Waals surface area (Å²) < 4.78 is 0. The summed E-state index contributed by atoms with van der Waals surface area (Å²) in [5, 5.41) is 8.49. The maximum absolute atomic E-state index is 12.0. The predicted molar refractivity (Wildman–Crippen MR) is 62.0 cm³/mol. The first kappa shape index (κ1) is 14.9. The Bertz CT molecular complexity index is 250. The zero-order valence-corrected chi connectivity index (χ0v) is 10.3. The normalized spacial score (nSPS) is 11.2. The minimum absolute atomic E-state index is 0.0768. The summed E-state index contributed by atoms with van der Waals surface area (Å²) in [6, 6.07) is 0. The van der Waals surface area contributed by atoms with Gasteiger partial charge in [-0.3, -0.25) is 9.59 Å². The van der Waals surface area contributed by atoms with Crippen molar-refractivity contribution in [1.82, 2.24) is 4.90 Å². The molecule has 0 aromatic carbocycles. The molecule has 16 heavy (non-hydrogen) atoms. The van der Waals surface area contributed by atoms with Crippen LogP contribution < -0.4 is 5.73 Å². The number of nitrogens with two attached hydrogens (primary N) is 1. The van der Waals surface area contributed by atoms with Gasteiger partial charge in [-0.05, 0) is 19.3 Å². The van der Waals surface area contributed by atoms with Crippen LogP contribution in [0.4, 0.5) is 0 Å². The highest BCUT2D eigenvalue weighted by atomic mass is 16.4. The smallest absolute Gasteiger partial charge is 0.303 e. The fourth-order valence-corrected chi connectivity index (χ4v) is 1.50. The summed E-state index contributed by atoms with van der Waals surface area (Å²) in [5.41, 5.74) is 5.16. The number of nitrogens with zero attached hydrogens (tertiary/aromatic N) is 1. The van der Waals surface area contributed by atoms with Crippen LogP contribution >= 0.6 is 0 Å². The Labute approximate surface area is 96.6 Å². The lowest BCUT2D eigenvalue weighted by molar-refractivity contribution is -0.139. The van der Waals surface area contributed by atoms with Crippen molar-refractivity contribution in [3.8, 4) is 0 Å². The molecule has 0 atom stereocenters. The van der Waals surface area contributed by atoms with Crippen molar-refractivity contribution in [2.24, 2.45) is 5.73 Å². The summed E-state index contributed by atoms with van der Waals surface area (Å²) >= 11 is 0. The van der Waals surface area contributed by atoms with Gasteiger partial charge >= 0.3 is 5.97 Å². The average molecular weight is 230 g/mol. The number of carbonyl (C=O) groups is 2. The Hall–Kier alpha value is -1.10. The van der Waals surface area contributed by atoms with Crippen LogP contribution in [0.3, 0.4) is 0 Å². The first-order chi connectivity index (χ1) is 7.37. The number of amides is 1. The summed E-state index contributed by atoms with van der Waals surface area (Å²) in [4.78, 5) is 23.8. The van der Waals surface area contributed by atoms with Crippen molar-refractivity contribution in [1.29, 1.82) is 0 Å². The summed E-state index contributed by atoms with van der Waals surface area (Å²) in [6.07, 6.45) is 1.71. The number of carboxylic acids is 1. The average Bonchev–Trinajstić information content (AvgIpc) is 2.26. The quantitative estimate of drug-likeness (QED) is 0.678. The van der Waals surface area contributed by atoms with Gasteiger partial charge < -0.3 is 15.7 Å². The van der Waals surface area contributed by atoms with Crippen LogP contribution in [-0.4, -0.2) is 41.0 Å².